The predicted molar refractivity (Wildman–Crippen MR) is 122 cm³/mol. The van der Waals surface area contributed by atoms with E-state index in [2.05, 4.69) is 9.97 Å². The molecule has 0 aliphatic carbocycles. The van der Waals surface area contributed by atoms with Crippen molar-refractivity contribution >= 4 is 23.4 Å². The Labute approximate surface area is 179 Å². The van der Waals surface area contributed by atoms with Gasteiger partial charge >= 0.3 is 0 Å². The number of pyridine rings is 1. The summed E-state index contributed by atoms with van der Waals surface area (Å²) < 4.78 is 10.3. The number of methoxy groups -OCH3 is 1. The highest BCUT2D eigenvalue weighted by Crippen LogP contribution is 2.25. The van der Waals surface area contributed by atoms with Crippen LogP contribution in [-0.4, -0.2) is 62.3 Å². The maximum Gasteiger partial charge on any atom is 0.169 e. The SMILES string of the molecule is CC.CN(CCOCCN)c1cc(-c2nc(C=O)cs2)ccn1.COC(C)(C)C. The zero-order valence-corrected chi connectivity index (χ0v) is 19.6. The molecule has 0 radical (unpaired) electrons. The number of likely N-dealkylation sites (N-methyl/N-ethyl adjacent to an activating group) is 1. The first-order chi connectivity index (χ1) is 13.8. The van der Waals surface area contributed by atoms with Gasteiger partial charge in [-0.25, -0.2) is 9.97 Å². The molecule has 0 amide bonds. The molecule has 0 unspecified atom stereocenters. The fraction of sp³-hybridized carbons (Fsp3) is 0.571. The van der Waals surface area contributed by atoms with Gasteiger partial charge in [-0.2, -0.15) is 0 Å². The Balaban J connectivity index is 0.000000841. The van der Waals surface area contributed by atoms with E-state index >= 15 is 0 Å². The van der Waals surface area contributed by atoms with Crippen LogP contribution in [0, 0.1) is 0 Å². The first-order valence-electron chi connectivity index (χ1n) is 9.72. The van der Waals surface area contributed by atoms with Gasteiger partial charge in [0.1, 0.15) is 16.5 Å². The zero-order valence-electron chi connectivity index (χ0n) is 18.8. The van der Waals surface area contributed by atoms with Crippen molar-refractivity contribution in [3.63, 3.8) is 0 Å². The van der Waals surface area contributed by atoms with Crippen LogP contribution in [0.1, 0.15) is 45.1 Å². The standard InChI is InChI=1S/C14H18N4O2S.C5H12O.C2H6/c1-18(5-7-20-6-3-15)13-8-11(2-4-16-13)14-17-12(9-19)10-21-14;1-5(2,3)6-4;1-2/h2,4,8-10H,3,5-7,15H2,1H3;1-4H3;1-2H3. The lowest BCUT2D eigenvalue weighted by Gasteiger charge is -2.18. The van der Waals surface area contributed by atoms with E-state index in [4.69, 9.17) is 15.2 Å². The van der Waals surface area contributed by atoms with Gasteiger partial charge in [0, 0.05) is 44.4 Å². The van der Waals surface area contributed by atoms with Crippen molar-refractivity contribution in [1.29, 1.82) is 0 Å². The van der Waals surface area contributed by atoms with Gasteiger partial charge in [0.15, 0.2) is 6.29 Å². The van der Waals surface area contributed by atoms with E-state index in [9.17, 15) is 4.79 Å². The van der Waals surface area contributed by atoms with Crippen molar-refractivity contribution < 1.29 is 14.3 Å². The van der Waals surface area contributed by atoms with Crippen LogP contribution in [-0.2, 0) is 9.47 Å². The van der Waals surface area contributed by atoms with E-state index in [1.165, 1.54) is 11.3 Å². The number of nitrogens with zero attached hydrogens (tertiary/aromatic N) is 3. The van der Waals surface area contributed by atoms with Crippen LogP contribution < -0.4 is 10.6 Å². The Morgan fingerprint density at radius 3 is 2.45 bits per heavy atom. The van der Waals surface area contributed by atoms with E-state index in [-0.39, 0.29) is 5.60 Å². The summed E-state index contributed by atoms with van der Waals surface area (Å²) >= 11 is 1.44. The highest BCUT2D eigenvalue weighted by Gasteiger charge is 2.08. The molecule has 2 aromatic rings. The molecule has 0 aliphatic rings. The molecule has 0 spiro atoms. The molecule has 0 saturated carbocycles. The molecule has 2 heterocycles. The summed E-state index contributed by atoms with van der Waals surface area (Å²) in [5.41, 5.74) is 6.82. The average Bonchev–Trinajstić information content (AvgIpc) is 3.22. The number of aromatic nitrogens is 2. The Kier molecular flexibility index (Phi) is 14.1. The first-order valence-corrected chi connectivity index (χ1v) is 10.6. The summed E-state index contributed by atoms with van der Waals surface area (Å²) in [7, 11) is 3.66. The second kappa shape index (κ2) is 15.0. The van der Waals surface area contributed by atoms with Crippen LogP contribution in [0.4, 0.5) is 5.82 Å². The topological polar surface area (TPSA) is 90.6 Å². The number of carbonyl (C=O) groups excluding carboxylic acids is 1. The zero-order chi connectivity index (χ0) is 22.3. The van der Waals surface area contributed by atoms with Crippen LogP contribution in [0.15, 0.2) is 23.7 Å². The fourth-order valence-electron chi connectivity index (χ4n) is 1.73. The molecular weight excluding hydrogens is 388 g/mol. The minimum Gasteiger partial charge on any atom is -0.379 e. The van der Waals surface area contributed by atoms with Crippen molar-refractivity contribution in [3.8, 4) is 10.6 Å². The van der Waals surface area contributed by atoms with Gasteiger partial charge in [0.05, 0.1) is 18.8 Å². The predicted octanol–water partition coefficient (Wildman–Crippen LogP) is 3.89. The molecule has 0 aromatic carbocycles. The molecule has 8 heteroatoms. The number of carbonyl (C=O) groups is 1. The van der Waals surface area contributed by atoms with Crippen LogP contribution in [0.5, 0.6) is 0 Å². The molecule has 0 aliphatic heterocycles. The van der Waals surface area contributed by atoms with Crippen LogP contribution in [0.25, 0.3) is 10.6 Å². The van der Waals surface area contributed by atoms with Crippen LogP contribution >= 0.6 is 11.3 Å². The first kappa shape index (κ1) is 27.1. The summed E-state index contributed by atoms with van der Waals surface area (Å²) in [4.78, 5) is 21.3. The third kappa shape index (κ3) is 11.7. The minimum atomic E-state index is 0.0417. The largest absolute Gasteiger partial charge is 0.379 e. The number of rotatable bonds is 8. The third-order valence-corrected chi connectivity index (χ3v) is 4.38. The monoisotopic (exact) mass is 424 g/mol. The van der Waals surface area contributed by atoms with Crippen molar-refractivity contribution in [3.05, 3.63) is 29.4 Å². The lowest BCUT2D eigenvalue weighted by Crippen LogP contribution is -2.24. The van der Waals surface area contributed by atoms with Crippen molar-refractivity contribution in [2.24, 2.45) is 5.73 Å². The van der Waals surface area contributed by atoms with Gasteiger partial charge in [-0.15, -0.1) is 11.3 Å². The highest BCUT2D eigenvalue weighted by atomic mass is 32.1. The van der Waals surface area contributed by atoms with E-state index in [0.717, 1.165) is 29.2 Å². The molecule has 0 bridgehead atoms. The molecule has 2 aromatic heterocycles. The van der Waals surface area contributed by atoms with Gasteiger partial charge in [-0.05, 0) is 32.9 Å². The number of thiazole rings is 1. The molecule has 29 heavy (non-hydrogen) atoms. The van der Waals surface area contributed by atoms with Crippen molar-refractivity contribution in [2.75, 3.05) is 45.4 Å². The van der Waals surface area contributed by atoms with Gasteiger partial charge in [-0.1, -0.05) is 13.8 Å². The Bertz CT molecular complexity index is 687. The molecular formula is C21H36N4O3S. The molecule has 7 nitrogen and oxygen atoms in total. The average molecular weight is 425 g/mol. The molecule has 2 rings (SSSR count). The van der Waals surface area contributed by atoms with Gasteiger partial charge in [0.25, 0.3) is 0 Å². The molecule has 164 valence electrons. The number of nitrogens with two attached hydrogens (primary N) is 1. The van der Waals surface area contributed by atoms with Crippen LogP contribution in [0.3, 0.4) is 0 Å². The van der Waals surface area contributed by atoms with E-state index in [1.54, 1.807) is 18.7 Å². The Morgan fingerprint density at radius 2 is 1.93 bits per heavy atom. The minimum absolute atomic E-state index is 0.0417. The summed E-state index contributed by atoms with van der Waals surface area (Å²) in [5.74, 6) is 0.840. The smallest absolute Gasteiger partial charge is 0.169 e. The Hall–Kier alpha value is -1.87. The summed E-state index contributed by atoms with van der Waals surface area (Å²) in [6.07, 6.45) is 2.49. The highest BCUT2D eigenvalue weighted by molar-refractivity contribution is 7.13. The second-order valence-corrected chi connectivity index (χ2v) is 7.60. The van der Waals surface area contributed by atoms with E-state index < -0.39 is 0 Å². The number of ether oxygens (including phenoxy) is 2. The maximum atomic E-state index is 10.7. The number of hydrogen-bond acceptors (Lipinski definition) is 8. The number of hydrogen-bond donors (Lipinski definition) is 1. The molecule has 0 saturated heterocycles. The lowest BCUT2D eigenvalue weighted by molar-refractivity contribution is 0.0397. The fourth-order valence-corrected chi connectivity index (χ4v) is 2.50. The van der Waals surface area contributed by atoms with Crippen molar-refractivity contribution in [2.45, 2.75) is 40.2 Å². The summed E-state index contributed by atoms with van der Waals surface area (Å²) in [5, 5.41) is 2.56. The molecule has 0 fully saturated rings. The normalized spacial score (nSPS) is 10.3. The van der Waals surface area contributed by atoms with Gasteiger partial charge in [0.2, 0.25) is 0 Å². The number of aldehydes is 1. The molecule has 0 atom stereocenters. The summed E-state index contributed by atoms with van der Waals surface area (Å²) in [6, 6.07) is 3.84. The van der Waals surface area contributed by atoms with E-state index in [1.807, 2.05) is 58.7 Å². The van der Waals surface area contributed by atoms with Crippen molar-refractivity contribution in [1.82, 2.24) is 9.97 Å². The summed E-state index contributed by atoms with van der Waals surface area (Å²) in [6.45, 7) is 12.5. The maximum absolute atomic E-state index is 10.7. The Morgan fingerprint density at radius 1 is 1.28 bits per heavy atom. The van der Waals surface area contributed by atoms with Gasteiger partial charge < -0.3 is 20.1 Å². The lowest BCUT2D eigenvalue weighted by atomic mass is 10.2. The number of anilines is 1. The molecule has 2 N–H and O–H groups in total. The quantitative estimate of drug-likeness (QED) is 0.508. The van der Waals surface area contributed by atoms with E-state index in [0.29, 0.717) is 25.5 Å². The van der Waals surface area contributed by atoms with Gasteiger partial charge in [-0.3, -0.25) is 4.79 Å². The third-order valence-electron chi connectivity index (χ3n) is 3.47. The van der Waals surface area contributed by atoms with Crippen LogP contribution in [0.2, 0.25) is 0 Å². The second-order valence-electron chi connectivity index (χ2n) is 6.74.